The Labute approximate surface area is 143 Å². The van der Waals surface area contributed by atoms with Gasteiger partial charge in [-0.1, -0.05) is 30.3 Å². The van der Waals surface area contributed by atoms with Gasteiger partial charge in [-0.05, 0) is 19.3 Å². The summed E-state index contributed by atoms with van der Waals surface area (Å²) in [6, 6.07) is 9.07. The third kappa shape index (κ3) is 5.64. The smallest absolute Gasteiger partial charge is 0.404 e. The van der Waals surface area contributed by atoms with Crippen molar-refractivity contribution in [2.75, 3.05) is 11.9 Å². The van der Waals surface area contributed by atoms with E-state index in [1.807, 2.05) is 35.7 Å². The van der Waals surface area contributed by atoms with E-state index in [4.69, 9.17) is 10.8 Å². The van der Waals surface area contributed by atoms with Crippen LogP contribution in [0.15, 0.2) is 35.7 Å². The summed E-state index contributed by atoms with van der Waals surface area (Å²) < 4.78 is 0. The third-order valence-electron chi connectivity index (χ3n) is 3.36. The molecule has 2 rings (SSSR count). The first kappa shape index (κ1) is 17.9. The summed E-state index contributed by atoms with van der Waals surface area (Å²) >= 11 is 1.35. The lowest BCUT2D eigenvalue weighted by Gasteiger charge is -2.10. The number of nitrogens with zero attached hydrogens (tertiary/aromatic N) is 1. The first-order chi connectivity index (χ1) is 11.6. The summed E-state index contributed by atoms with van der Waals surface area (Å²) in [5.74, 6) is -0.282. The zero-order valence-electron chi connectivity index (χ0n) is 13.1. The van der Waals surface area contributed by atoms with E-state index in [0.717, 1.165) is 11.3 Å². The molecule has 0 fully saturated rings. The minimum atomic E-state index is -1.05. The Hall–Kier alpha value is -2.45. The molecule has 128 valence electrons. The average molecular weight is 348 g/mol. The fraction of sp³-hybridized carbons (Fsp3) is 0.312. The van der Waals surface area contributed by atoms with Gasteiger partial charge in [0.1, 0.15) is 0 Å². The van der Waals surface area contributed by atoms with Gasteiger partial charge in [0.2, 0.25) is 5.91 Å². The second kappa shape index (κ2) is 8.99. The van der Waals surface area contributed by atoms with Gasteiger partial charge in [-0.25, -0.2) is 9.78 Å². The van der Waals surface area contributed by atoms with E-state index in [0.29, 0.717) is 30.9 Å². The van der Waals surface area contributed by atoms with E-state index in [1.165, 1.54) is 11.3 Å². The van der Waals surface area contributed by atoms with Crippen LogP contribution in [0.25, 0.3) is 11.3 Å². The Bertz CT molecular complexity index is 675. The Morgan fingerprint density at radius 3 is 2.71 bits per heavy atom. The number of carbonyl (C=O) groups is 2. The van der Waals surface area contributed by atoms with Gasteiger partial charge in [0.25, 0.3) is 0 Å². The molecule has 0 unspecified atom stereocenters. The number of carboxylic acid groups (broad SMARTS) is 1. The zero-order valence-corrected chi connectivity index (χ0v) is 13.9. The van der Waals surface area contributed by atoms with Crippen molar-refractivity contribution in [2.45, 2.75) is 25.3 Å². The molecule has 5 N–H and O–H groups in total. The van der Waals surface area contributed by atoms with Crippen LogP contribution in [-0.2, 0) is 4.79 Å². The van der Waals surface area contributed by atoms with Gasteiger partial charge in [-0.3, -0.25) is 4.79 Å². The molecule has 1 aromatic heterocycles. The molecule has 0 aliphatic rings. The zero-order chi connectivity index (χ0) is 17.4. The van der Waals surface area contributed by atoms with Crippen LogP contribution in [-0.4, -0.2) is 34.7 Å². The SMILES string of the molecule is N[C@@H](CCCCNC(=O)O)C(=O)Nc1nc(-c2ccccc2)cs1. The van der Waals surface area contributed by atoms with Gasteiger partial charge < -0.3 is 21.5 Å². The molecule has 1 atom stereocenters. The number of hydrogen-bond donors (Lipinski definition) is 4. The minimum Gasteiger partial charge on any atom is -0.465 e. The van der Waals surface area contributed by atoms with Crippen LogP contribution in [0.3, 0.4) is 0 Å². The maximum absolute atomic E-state index is 12.1. The molecule has 24 heavy (non-hydrogen) atoms. The van der Waals surface area contributed by atoms with Crippen molar-refractivity contribution in [2.24, 2.45) is 5.73 Å². The number of aromatic nitrogens is 1. The molecule has 0 saturated heterocycles. The standard InChI is InChI=1S/C16H20N4O3S/c17-12(8-4-5-9-18-16(22)23)14(21)20-15-19-13(10-24-15)11-6-2-1-3-7-11/h1-3,6-7,10,12,18H,4-5,8-9,17H2,(H,22,23)(H,19,20,21)/t12-/m0/s1. The Morgan fingerprint density at radius 1 is 1.25 bits per heavy atom. The normalized spacial score (nSPS) is 11.7. The molecular formula is C16H20N4O3S. The summed E-state index contributed by atoms with van der Waals surface area (Å²) in [4.78, 5) is 26.7. The van der Waals surface area contributed by atoms with Gasteiger partial charge >= 0.3 is 6.09 Å². The van der Waals surface area contributed by atoms with Gasteiger partial charge in [0.15, 0.2) is 5.13 Å². The summed E-state index contributed by atoms with van der Waals surface area (Å²) in [6.45, 7) is 0.358. The molecule has 0 saturated carbocycles. The molecule has 1 heterocycles. The van der Waals surface area contributed by atoms with Gasteiger partial charge in [0.05, 0.1) is 11.7 Å². The summed E-state index contributed by atoms with van der Waals surface area (Å²) in [6.07, 6.45) is 0.754. The van der Waals surface area contributed by atoms with Crippen molar-refractivity contribution < 1.29 is 14.7 Å². The monoisotopic (exact) mass is 348 g/mol. The molecule has 0 aliphatic carbocycles. The summed E-state index contributed by atoms with van der Waals surface area (Å²) in [5.41, 5.74) is 7.65. The fourth-order valence-corrected chi connectivity index (χ4v) is 2.81. The first-order valence-corrected chi connectivity index (χ1v) is 8.48. The van der Waals surface area contributed by atoms with Crippen LogP contribution < -0.4 is 16.4 Å². The second-order valence-electron chi connectivity index (χ2n) is 5.23. The Kier molecular flexibility index (Phi) is 6.71. The molecule has 1 aromatic carbocycles. The van der Waals surface area contributed by atoms with E-state index >= 15 is 0 Å². The van der Waals surface area contributed by atoms with Crippen LogP contribution in [0.5, 0.6) is 0 Å². The maximum Gasteiger partial charge on any atom is 0.404 e. The molecule has 7 nitrogen and oxygen atoms in total. The second-order valence-corrected chi connectivity index (χ2v) is 6.09. The average Bonchev–Trinajstić information content (AvgIpc) is 3.03. The number of nitrogens with two attached hydrogens (primary N) is 1. The number of carbonyl (C=O) groups excluding carboxylic acids is 1. The van der Waals surface area contributed by atoms with Crippen molar-refractivity contribution in [3.8, 4) is 11.3 Å². The molecule has 0 spiro atoms. The summed E-state index contributed by atoms with van der Waals surface area (Å²) in [5, 5.41) is 15.8. The Balaban J connectivity index is 1.77. The lowest BCUT2D eigenvalue weighted by molar-refractivity contribution is -0.117. The van der Waals surface area contributed by atoms with Crippen LogP contribution >= 0.6 is 11.3 Å². The van der Waals surface area contributed by atoms with E-state index in [1.54, 1.807) is 0 Å². The molecule has 0 aliphatic heterocycles. The van der Waals surface area contributed by atoms with Crippen LogP contribution in [0.1, 0.15) is 19.3 Å². The molecule has 2 aromatic rings. The molecular weight excluding hydrogens is 328 g/mol. The van der Waals surface area contributed by atoms with E-state index < -0.39 is 12.1 Å². The fourth-order valence-electron chi connectivity index (χ4n) is 2.09. The number of unbranched alkanes of at least 4 members (excludes halogenated alkanes) is 1. The predicted octanol–water partition coefficient (Wildman–Crippen LogP) is 2.51. The highest BCUT2D eigenvalue weighted by Gasteiger charge is 2.15. The maximum atomic E-state index is 12.1. The third-order valence-corrected chi connectivity index (χ3v) is 4.12. The highest BCUT2D eigenvalue weighted by Crippen LogP contribution is 2.24. The van der Waals surface area contributed by atoms with Crippen LogP contribution in [0.2, 0.25) is 0 Å². The van der Waals surface area contributed by atoms with Crippen LogP contribution in [0, 0.1) is 0 Å². The van der Waals surface area contributed by atoms with E-state index in [-0.39, 0.29) is 5.91 Å². The van der Waals surface area contributed by atoms with Crippen molar-refractivity contribution in [1.82, 2.24) is 10.3 Å². The predicted molar refractivity (Wildman–Crippen MR) is 94.0 cm³/mol. The van der Waals surface area contributed by atoms with Crippen molar-refractivity contribution in [3.05, 3.63) is 35.7 Å². The highest BCUT2D eigenvalue weighted by molar-refractivity contribution is 7.14. The van der Waals surface area contributed by atoms with E-state index in [9.17, 15) is 9.59 Å². The quantitative estimate of drug-likeness (QED) is 0.547. The number of hydrogen-bond acceptors (Lipinski definition) is 5. The van der Waals surface area contributed by atoms with Crippen LogP contribution in [0.4, 0.5) is 9.93 Å². The minimum absolute atomic E-state index is 0.282. The molecule has 0 bridgehead atoms. The topological polar surface area (TPSA) is 117 Å². The number of nitrogens with one attached hydrogen (secondary N) is 2. The lowest BCUT2D eigenvalue weighted by atomic mass is 10.1. The molecule has 0 radical (unpaired) electrons. The molecule has 8 heteroatoms. The Morgan fingerprint density at radius 2 is 2.00 bits per heavy atom. The van der Waals surface area contributed by atoms with Gasteiger partial charge in [0, 0.05) is 17.5 Å². The number of rotatable bonds is 8. The van der Waals surface area contributed by atoms with Crippen molar-refractivity contribution >= 4 is 28.5 Å². The van der Waals surface area contributed by atoms with Gasteiger partial charge in [-0.2, -0.15) is 0 Å². The number of amides is 2. The number of anilines is 1. The van der Waals surface area contributed by atoms with Gasteiger partial charge in [-0.15, -0.1) is 11.3 Å². The van der Waals surface area contributed by atoms with Crippen molar-refractivity contribution in [1.29, 1.82) is 0 Å². The lowest BCUT2D eigenvalue weighted by Crippen LogP contribution is -2.35. The largest absolute Gasteiger partial charge is 0.465 e. The number of benzene rings is 1. The van der Waals surface area contributed by atoms with Crippen molar-refractivity contribution in [3.63, 3.8) is 0 Å². The highest BCUT2D eigenvalue weighted by atomic mass is 32.1. The first-order valence-electron chi connectivity index (χ1n) is 7.60. The van der Waals surface area contributed by atoms with E-state index in [2.05, 4.69) is 15.6 Å². The number of thiazole rings is 1. The summed E-state index contributed by atoms with van der Waals surface area (Å²) in [7, 11) is 0. The molecule has 2 amide bonds.